The molecule has 0 saturated heterocycles. The van der Waals surface area contributed by atoms with Crippen LogP contribution in [-0.4, -0.2) is 21.0 Å². The summed E-state index contributed by atoms with van der Waals surface area (Å²) in [5.74, 6) is -0.171. The minimum atomic E-state index is -1.74. The lowest BCUT2D eigenvalue weighted by Gasteiger charge is -2.27. The van der Waals surface area contributed by atoms with Crippen molar-refractivity contribution in [3.8, 4) is 0 Å². The highest BCUT2D eigenvalue weighted by Gasteiger charge is 2.34. The number of hydrogen-bond donors (Lipinski definition) is 3. The van der Waals surface area contributed by atoms with E-state index >= 15 is 0 Å². The van der Waals surface area contributed by atoms with E-state index < -0.39 is 9.96 Å². The van der Waals surface area contributed by atoms with Gasteiger partial charge >= 0.3 is 0 Å². The van der Waals surface area contributed by atoms with Crippen LogP contribution in [0.2, 0.25) is 0 Å². The number of rotatable bonds is 11. The van der Waals surface area contributed by atoms with Crippen molar-refractivity contribution in [3.63, 3.8) is 0 Å². The van der Waals surface area contributed by atoms with Gasteiger partial charge in [0.25, 0.3) is 0 Å². The molecule has 0 bridgehead atoms. The molecule has 27 heavy (non-hydrogen) atoms. The van der Waals surface area contributed by atoms with E-state index in [0.717, 1.165) is 24.9 Å². The smallest absolute Gasteiger partial charge is 0.228 e. The van der Waals surface area contributed by atoms with E-state index in [1.807, 2.05) is 30.3 Å². The Morgan fingerprint density at radius 3 is 2.19 bits per heavy atom. The zero-order valence-electron chi connectivity index (χ0n) is 15.6. The molecule has 0 aliphatic carbocycles. The summed E-state index contributed by atoms with van der Waals surface area (Å²) < 4.78 is -1.74. The normalized spacial score (nSPS) is 12.3. The van der Waals surface area contributed by atoms with Crippen LogP contribution in [0.25, 0.3) is 0 Å². The summed E-state index contributed by atoms with van der Waals surface area (Å²) in [7, 11) is 0. The molecule has 1 rings (SSSR count). The lowest BCUT2D eigenvalue weighted by Crippen LogP contribution is -2.56. The standard InChI is InChI=1S/C19H28Cl3N3OS/c1-2-3-4-5-6-7-11-14-16(26)24-17(19(20,21)22)25-18(27)23-15-12-9-8-10-13-15/h8-10,12-13,17H,2-7,11,14H2,1H3,(H,24,26)(H2,23,25,27)/t17-/m0/s1. The van der Waals surface area contributed by atoms with Gasteiger partial charge in [0.2, 0.25) is 9.70 Å². The van der Waals surface area contributed by atoms with Gasteiger partial charge in [-0.1, -0.05) is 98.5 Å². The van der Waals surface area contributed by atoms with Gasteiger partial charge in [0.1, 0.15) is 6.17 Å². The summed E-state index contributed by atoms with van der Waals surface area (Å²) in [6.45, 7) is 2.19. The third kappa shape index (κ3) is 11.6. The maximum absolute atomic E-state index is 12.2. The van der Waals surface area contributed by atoms with E-state index in [4.69, 9.17) is 47.0 Å². The molecule has 4 nitrogen and oxygen atoms in total. The van der Waals surface area contributed by atoms with Gasteiger partial charge in [-0.05, 0) is 30.8 Å². The first kappa shape index (κ1) is 24.3. The van der Waals surface area contributed by atoms with Crippen molar-refractivity contribution in [2.75, 3.05) is 5.32 Å². The molecule has 0 saturated carbocycles. The number of thiocarbonyl (C=S) groups is 1. The largest absolute Gasteiger partial charge is 0.339 e. The van der Waals surface area contributed by atoms with Crippen molar-refractivity contribution in [2.45, 2.75) is 68.2 Å². The molecule has 1 aromatic carbocycles. The monoisotopic (exact) mass is 451 g/mol. The van der Waals surface area contributed by atoms with Crippen LogP contribution in [0.1, 0.15) is 58.3 Å². The Morgan fingerprint density at radius 2 is 1.59 bits per heavy atom. The maximum atomic E-state index is 12.2. The van der Waals surface area contributed by atoms with Crippen LogP contribution in [0, 0.1) is 0 Å². The van der Waals surface area contributed by atoms with Crippen LogP contribution in [0.5, 0.6) is 0 Å². The average molecular weight is 453 g/mol. The lowest BCUT2D eigenvalue weighted by atomic mass is 10.1. The van der Waals surface area contributed by atoms with E-state index in [0.29, 0.717) is 6.42 Å². The first-order valence-corrected chi connectivity index (χ1v) is 10.9. The number of anilines is 1. The van der Waals surface area contributed by atoms with Gasteiger partial charge in [-0.15, -0.1) is 0 Å². The Bertz CT molecular complexity index is 567. The number of carbonyl (C=O) groups is 1. The van der Waals surface area contributed by atoms with Crippen molar-refractivity contribution >= 4 is 63.7 Å². The number of carbonyl (C=O) groups excluding carboxylic acids is 1. The molecule has 0 aliphatic heterocycles. The summed E-state index contributed by atoms with van der Waals surface area (Å²) >= 11 is 23.2. The second-order valence-corrected chi connectivity index (χ2v) is 9.16. The van der Waals surface area contributed by atoms with Crippen molar-refractivity contribution in [1.29, 1.82) is 0 Å². The topological polar surface area (TPSA) is 53.2 Å². The number of benzene rings is 1. The van der Waals surface area contributed by atoms with Crippen LogP contribution >= 0.6 is 47.0 Å². The van der Waals surface area contributed by atoms with Crippen LogP contribution in [-0.2, 0) is 4.79 Å². The minimum Gasteiger partial charge on any atom is -0.339 e. The zero-order chi connectivity index (χ0) is 20.1. The van der Waals surface area contributed by atoms with Crippen molar-refractivity contribution < 1.29 is 4.79 Å². The van der Waals surface area contributed by atoms with Gasteiger partial charge in [0, 0.05) is 12.1 Å². The number of hydrogen-bond acceptors (Lipinski definition) is 2. The highest BCUT2D eigenvalue weighted by Crippen LogP contribution is 2.29. The molecule has 0 fully saturated rings. The number of amides is 1. The molecule has 0 aromatic heterocycles. The van der Waals surface area contributed by atoms with Gasteiger partial charge in [-0.3, -0.25) is 4.79 Å². The maximum Gasteiger partial charge on any atom is 0.228 e. The molecule has 8 heteroatoms. The zero-order valence-corrected chi connectivity index (χ0v) is 18.7. The van der Waals surface area contributed by atoms with Gasteiger partial charge in [0.15, 0.2) is 5.11 Å². The first-order chi connectivity index (χ1) is 12.8. The fraction of sp³-hybridized carbons (Fsp3) is 0.579. The number of unbranched alkanes of at least 4 members (excludes halogenated alkanes) is 6. The Labute approximate surface area is 182 Å². The van der Waals surface area contributed by atoms with E-state index in [1.165, 1.54) is 25.7 Å². The molecule has 1 aromatic rings. The summed E-state index contributed by atoms with van der Waals surface area (Å²) in [6.07, 6.45) is 7.43. The van der Waals surface area contributed by atoms with Gasteiger partial charge < -0.3 is 16.0 Å². The second-order valence-electron chi connectivity index (χ2n) is 6.38. The molecule has 0 heterocycles. The van der Waals surface area contributed by atoms with E-state index in [1.54, 1.807) is 0 Å². The van der Waals surface area contributed by atoms with Crippen LogP contribution in [0.3, 0.4) is 0 Å². The highest BCUT2D eigenvalue weighted by molar-refractivity contribution is 7.80. The van der Waals surface area contributed by atoms with Gasteiger partial charge in [-0.2, -0.15) is 0 Å². The Hall–Kier alpha value is -0.750. The second kappa shape index (κ2) is 13.4. The van der Waals surface area contributed by atoms with E-state index in [-0.39, 0.29) is 11.0 Å². The van der Waals surface area contributed by atoms with Gasteiger partial charge in [-0.25, -0.2) is 0 Å². The molecule has 152 valence electrons. The highest BCUT2D eigenvalue weighted by atomic mass is 35.6. The number of para-hydroxylation sites is 1. The van der Waals surface area contributed by atoms with E-state index in [9.17, 15) is 4.79 Å². The van der Waals surface area contributed by atoms with Crippen molar-refractivity contribution in [1.82, 2.24) is 10.6 Å². The molecular formula is C19H28Cl3N3OS. The molecule has 0 radical (unpaired) electrons. The SMILES string of the molecule is CCCCCCCCCC(=O)N[C@@H](NC(=S)Nc1ccccc1)C(Cl)(Cl)Cl. The third-order valence-electron chi connectivity index (χ3n) is 3.95. The number of halogens is 3. The predicted molar refractivity (Wildman–Crippen MR) is 121 cm³/mol. The fourth-order valence-corrected chi connectivity index (χ4v) is 3.06. The van der Waals surface area contributed by atoms with Crippen molar-refractivity contribution in [3.05, 3.63) is 30.3 Å². The number of alkyl halides is 3. The van der Waals surface area contributed by atoms with E-state index in [2.05, 4.69) is 22.9 Å². The molecule has 3 N–H and O–H groups in total. The summed E-state index contributed by atoms with van der Waals surface area (Å²) in [4.78, 5) is 12.2. The van der Waals surface area contributed by atoms with Crippen LogP contribution in [0.4, 0.5) is 5.69 Å². The summed E-state index contributed by atoms with van der Waals surface area (Å²) in [6, 6.07) is 9.37. The number of nitrogens with one attached hydrogen (secondary N) is 3. The fourth-order valence-electron chi connectivity index (χ4n) is 2.50. The lowest BCUT2D eigenvalue weighted by molar-refractivity contribution is -0.122. The minimum absolute atomic E-state index is 0.171. The molecular weight excluding hydrogens is 425 g/mol. The summed E-state index contributed by atoms with van der Waals surface area (Å²) in [5, 5.41) is 8.81. The molecule has 0 spiro atoms. The molecule has 1 atom stereocenters. The van der Waals surface area contributed by atoms with Gasteiger partial charge in [0.05, 0.1) is 0 Å². The van der Waals surface area contributed by atoms with Crippen LogP contribution in [0.15, 0.2) is 30.3 Å². The Balaban J connectivity index is 2.38. The molecule has 0 aliphatic rings. The molecule has 1 amide bonds. The van der Waals surface area contributed by atoms with Crippen LogP contribution < -0.4 is 16.0 Å². The summed E-state index contributed by atoms with van der Waals surface area (Å²) in [5.41, 5.74) is 0.799. The first-order valence-electron chi connectivity index (χ1n) is 9.31. The molecule has 0 unspecified atom stereocenters. The Kier molecular flexibility index (Phi) is 12.1. The predicted octanol–water partition coefficient (Wildman–Crippen LogP) is 5.93. The Morgan fingerprint density at radius 1 is 1.00 bits per heavy atom. The average Bonchev–Trinajstić information content (AvgIpc) is 2.60. The quantitative estimate of drug-likeness (QED) is 0.169. The van der Waals surface area contributed by atoms with Crippen molar-refractivity contribution in [2.24, 2.45) is 0 Å². The third-order valence-corrected chi connectivity index (χ3v) is 4.82.